The summed E-state index contributed by atoms with van der Waals surface area (Å²) < 4.78 is 0. The highest BCUT2D eigenvalue weighted by atomic mass is 16.2. The maximum absolute atomic E-state index is 11.0. The average molecular weight is 274 g/mol. The summed E-state index contributed by atoms with van der Waals surface area (Å²) in [7, 11) is 0. The lowest BCUT2D eigenvalue weighted by atomic mass is 10.1. The van der Waals surface area contributed by atoms with Crippen molar-refractivity contribution in [1.82, 2.24) is 10.3 Å². The molecule has 0 spiro atoms. The Kier molecular flexibility index (Phi) is 4.84. The van der Waals surface area contributed by atoms with E-state index in [1.165, 1.54) is 5.56 Å². The fourth-order valence-electron chi connectivity index (χ4n) is 2.11. The zero-order valence-electron chi connectivity index (χ0n) is 11.2. The van der Waals surface area contributed by atoms with Gasteiger partial charge in [0.05, 0.1) is 0 Å². The van der Waals surface area contributed by atoms with E-state index in [9.17, 15) is 9.59 Å². The molecule has 2 rings (SSSR count). The van der Waals surface area contributed by atoms with Crippen molar-refractivity contribution in [3.05, 3.63) is 35.9 Å². The molecule has 1 fully saturated rings. The van der Waals surface area contributed by atoms with Crippen molar-refractivity contribution < 1.29 is 9.59 Å². The van der Waals surface area contributed by atoms with E-state index in [2.05, 4.69) is 27.6 Å². The van der Waals surface area contributed by atoms with Crippen molar-refractivity contribution >= 4 is 17.5 Å². The van der Waals surface area contributed by atoms with Gasteiger partial charge in [-0.25, -0.2) is 5.43 Å². The van der Waals surface area contributed by atoms with Gasteiger partial charge in [-0.3, -0.25) is 14.5 Å². The second kappa shape index (κ2) is 6.81. The van der Waals surface area contributed by atoms with E-state index >= 15 is 0 Å². The van der Waals surface area contributed by atoms with Gasteiger partial charge >= 0.3 is 11.8 Å². The van der Waals surface area contributed by atoms with Crippen LogP contribution in [0.5, 0.6) is 0 Å². The Hall–Kier alpha value is -2.21. The monoisotopic (exact) mass is 274 g/mol. The summed E-state index contributed by atoms with van der Waals surface area (Å²) in [6.07, 6.45) is 1.57. The molecule has 0 aliphatic carbocycles. The number of primary amides is 1. The minimum Gasteiger partial charge on any atom is -0.361 e. The number of nitrogens with zero attached hydrogens (tertiary/aromatic N) is 2. The topological polar surface area (TPSA) is 87.8 Å². The molecule has 0 saturated carbocycles. The van der Waals surface area contributed by atoms with Crippen LogP contribution in [-0.2, 0) is 16.1 Å². The molecule has 2 amide bonds. The molecule has 1 saturated heterocycles. The van der Waals surface area contributed by atoms with Crippen LogP contribution < -0.4 is 11.2 Å². The molecule has 1 aromatic rings. The van der Waals surface area contributed by atoms with Crippen molar-refractivity contribution in [3.8, 4) is 0 Å². The zero-order valence-corrected chi connectivity index (χ0v) is 11.2. The maximum atomic E-state index is 11.0. The zero-order chi connectivity index (χ0) is 14.4. The van der Waals surface area contributed by atoms with Gasteiger partial charge in [-0.05, 0) is 5.56 Å². The van der Waals surface area contributed by atoms with Crippen molar-refractivity contribution in [2.24, 2.45) is 10.8 Å². The highest BCUT2D eigenvalue weighted by Crippen LogP contribution is 2.11. The van der Waals surface area contributed by atoms with E-state index in [1.807, 2.05) is 18.2 Å². The van der Waals surface area contributed by atoms with Gasteiger partial charge in [0, 0.05) is 38.2 Å². The first kappa shape index (κ1) is 14.2. The van der Waals surface area contributed by atoms with Gasteiger partial charge in [0.1, 0.15) is 0 Å². The second-order valence-corrected chi connectivity index (χ2v) is 4.74. The lowest BCUT2D eigenvalue weighted by Gasteiger charge is -2.27. The van der Waals surface area contributed by atoms with Gasteiger partial charge in [-0.2, -0.15) is 5.10 Å². The summed E-state index contributed by atoms with van der Waals surface area (Å²) in [5, 5.41) is 3.94. The highest BCUT2D eigenvalue weighted by molar-refractivity contribution is 6.34. The predicted octanol–water partition coefficient (Wildman–Crippen LogP) is 0.240. The van der Waals surface area contributed by atoms with E-state index < -0.39 is 11.8 Å². The minimum atomic E-state index is -1.02. The van der Waals surface area contributed by atoms with E-state index in [-0.39, 0.29) is 0 Å². The Morgan fingerprint density at radius 2 is 1.85 bits per heavy atom. The Morgan fingerprint density at radius 1 is 1.20 bits per heavy atom. The van der Waals surface area contributed by atoms with E-state index in [0.717, 1.165) is 38.2 Å². The molecule has 1 aliphatic heterocycles. The number of nitrogens with two attached hydrogens (primary N) is 1. The third-order valence-corrected chi connectivity index (χ3v) is 3.22. The highest BCUT2D eigenvalue weighted by Gasteiger charge is 2.16. The molecule has 6 nitrogen and oxygen atoms in total. The van der Waals surface area contributed by atoms with E-state index in [0.29, 0.717) is 0 Å². The fourth-order valence-corrected chi connectivity index (χ4v) is 2.11. The number of piperidine rings is 1. The Bertz CT molecular complexity index is 503. The number of amides is 2. The van der Waals surface area contributed by atoms with Crippen LogP contribution in [0.4, 0.5) is 0 Å². The summed E-state index contributed by atoms with van der Waals surface area (Å²) in [5.41, 5.74) is 9.18. The first-order valence-electron chi connectivity index (χ1n) is 6.56. The van der Waals surface area contributed by atoms with Crippen LogP contribution in [0.15, 0.2) is 35.4 Å². The first-order valence-corrected chi connectivity index (χ1v) is 6.56. The van der Waals surface area contributed by atoms with Gasteiger partial charge in [0.25, 0.3) is 0 Å². The van der Waals surface area contributed by atoms with Gasteiger partial charge < -0.3 is 5.73 Å². The van der Waals surface area contributed by atoms with Gasteiger partial charge in [-0.15, -0.1) is 0 Å². The minimum absolute atomic E-state index is 0.784. The first-order chi connectivity index (χ1) is 9.65. The van der Waals surface area contributed by atoms with Crippen LogP contribution >= 0.6 is 0 Å². The predicted molar refractivity (Wildman–Crippen MR) is 75.7 cm³/mol. The van der Waals surface area contributed by atoms with Crippen molar-refractivity contribution in [2.45, 2.75) is 19.4 Å². The van der Waals surface area contributed by atoms with Crippen LogP contribution in [0.2, 0.25) is 0 Å². The summed E-state index contributed by atoms with van der Waals surface area (Å²) in [6, 6.07) is 10.3. The molecule has 0 unspecified atom stereocenters. The number of carbonyl (C=O) groups is 2. The SMILES string of the molecule is NC(=O)C(=O)NN=C1CCN(Cc2ccccc2)CC1. The van der Waals surface area contributed by atoms with Gasteiger partial charge in [-0.1, -0.05) is 30.3 Å². The van der Waals surface area contributed by atoms with E-state index in [1.54, 1.807) is 0 Å². The van der Waals surface area contributed by atoms with E-state index in [4.69, 9.17) is 5.73 Å². The van der Waals surface area contributed by atoms with Crippen LogP contribution in [0.3, 0.4) is 0 Å². The summed E-state index contributed by atoms with van der Waals surface area (Å²) in [5.74, 6) is -1.89. The van der Waals surface area contributed by atoms with Gasteiger partial charge in [0.15, 0.2) is 0 Å². The number of likely N-dealkylation sites (tertiary alicyclic amines) is 1. The number of nitrogens with one attached hydrogen (secondary N) is 1. The standard InChI is InChI=1S/C14H18N4O2/c15-13(19)14(20)17-16-12-6-8-18(9-7-12)10-11-4-2-1-3-5-11/h1-5H,6-10H2,(H2,15,19)(H,17,20). The maximum Gasteiger partial charge on any atom is 0.329 e. The molecular weight excluding hydrogens is 256 g/mol. The number of carbonyl (C=O) groups excluding carboxylic acids is 2. The Balaban J connectivity index is 1.79. The Morgan fingerprint density at radius 3 is 2.45 bits per heavy atom. The lowest BCUT2D eigenvalue weighted by Crippen LogP contribution is -2.36. The fraction of sp³-hybridized carbons (Fsp3) is 0.357. The third-order valence-electron chi connectivity index (χ3n) is 3.22. The normalized spacial score (nSPS) is 15.7. The molecular formula is C14H18N4O2. The van der Waals surface area contributed by atoms with Crippen LogP contribution in [-0.4, -0.2) is 35.5 Å². The molecule has 3 N–H and O–H groups in total. The molecule has 106 valence electrons. The summed E-state index contributed by atoms with van der Waals surface area (Å²) in [6.45, 7) is 2.70. The largest absolute Gasteiger partial charge is 0.361 e. The molecule has 1 aromatic carbocycles. The van der Waals surface area contributed by atoms with Crippen LogP contribution in [0, 0.1) is 0 Å². The Labute approximate surface area is 117 Å². The van der Waals surface area contributed by atoms with Crippen molar-refractivity contribution in [1.29, 1.82) is 0 Å². The molecule has 6 heteroatoms. The van der Waals surface area contributed by atoms with Crippen LogP contribution in [0.1, 0.15) is 18.4 Å². The molecule has 0 aromatic heterocycles. The van der Waals surface area contributed by atoms with Crippen molar-refractivity contribution in [3.63, 3.8) is 0 Å². The quantitative estimate of drug-likeness (QED) is 0.611. The number of rotatable bonds is 3. The third kappa shape index (κ3) is 4.17. The molecule has 0 atom stereocenters. The molecule has 0 bridgehead atoms. The second-order valence-electron chi connectivity index (χ2n) is 4.74. The average Bonchev–Trinajstić information content (AvgIpc) is 2.47. The number of hydrazone groups is 1. The smallest absolute Gasteiger partial charge is 0.329 e. The summed E-state index contributed by atoms with van der Waals surface area (Å²) >= 11 is 0. The number of hydrogen-bond acceptors (Lipinski definition) is 4. The van der Waals surface area contributed by atoms with Crippen LogP contribution in [0.25, 0.3) is 0 Å². The molecule has 0 radical (unpaired) electrons. The lowest BCUT2D eigenvalue weighted by molar-refractivity contribution is -0.137. The molecule has 1 heterocycles. The van der Waals surface area contributed by atoms with Crippen molar-refractivity contribution in [2.75, 3.05) is 13.1 Å². The van der Waals surface area contributed by atoms with Gasteiger partial charge in [0.2, 0.25) is 0 Å². The molecule has 1 aliphatic rings. The summed E-state index contributed by atoms with van der Waals surface area (Å²) in [4.78, 5) is 23.9. The molecule has 20 heavy (non-hydrogen) atoms. The number of hydrogen-bond donors (Lipinski definition) is 2. The number of benzene rings is 1.